The van der Waals surface area contributed by atoms with Crippen molar-refractivity contribution < 1.29 is 4.79 Å². The summed E-state index contributed by atoms with van der Waals surface area (Å²) in [6.45, 7) is 6.36. The van der Waals surface area contributed by atoms with Crippen molar-refractivity contribution in [2.75, 3.05) is 0 Å². The minimum atomic E-state index is -0.0361. The van der Waals surface area contributed by atoms with E-state index in [0.717, 1.165) is 5.56 Å². The van der Waals surface area contributed by atoms with E-state index < -0.39 is 0 Å². The molecule has 104 valence electrons. The zero-order valence-corrected chi connectivity index (χ0v) is 12.3. The van der Waals surface area contributed by atoms with Crippen molar-refractivity contribution in [2.24, 2.45) is 0 Å². The predicted molar refractivity (Wildman–Crippen MR) is 82.9 cm³/mol. The molecular formula is C18H21NO. The Bertz CT molecular complexity index is 558. The smallest absolute Gasteiger partial charge is 0.251 e. The van der Waals surface area contributed by atoms with Gasteiger partial charge in [0.25, 0.3) is 5.91 Å². The van der Waals surface area contributed by atoms with Gasteiger partial charge in [0, 0.05) is 5.56 Å². The van der Waals surface area contributed by atoms with E-state index in [0.29, 0.717) is 11.5 Å². The van der Waals surface area contributed by atoms with Crippen LogP contribution in [0.25, 0.3) is 0 Å². The molecule has 1 N–H and O–H groups in total. The minimum Gasteiger partial charge on any atom is -0.346 e. The highest BCUT2D eigenvalue weighted by Crippen LogP contribution is 2.18. The van der Waals surface area contributed by atoms with Gasteiger partial charge in [0.1, 0.15) is 0 Å². The molecule has 0 saturated heterocycles. The summed E-state index contributed by atoms with van der Waals surface area (Å²) in [5.74, 6) is 0.490. The van der Waals surface area contributed by atoms with Crippen LogP contribution in [0.4, 0.5) is 0 Å². The fourth-order valence-corrected chi connectivity index (χ4v) is 2.12. The monoisotopic (exact) mass is 267 g/mol. The van der Waals surface area contributed by atoms with Crippen molar-refractivity contribution >= 4 is 5.91 Å². The summed E-state index contributed by atoms with van der Waals surface area (Å²) in [6.07, 6.45) is 0. The number of carbonyl (C=O) groups excluding carboxylic acids is 1. The summed E-state index contributed by atoms with van der Waals surface area (Å²) >= 11 is 0. The summed E-state index contributed by atoms with van der Waals surface area (Å²) in [4.78, 5) is 12.1. The molecule has 0 saturated carbocycles. The Morgan fingerprint density at radius 1 is 0.850 bits per heavy atom. The van der Waals surface area contributed by atoms with Gasteiger partial charge < -0.3 is 5.32 Å². The average molecular weight is 267 g/mol. The molecule has 0 bridgehead atoms. The minimum absolute atomic E-state index is 0.00363. The van der Waals surface area contributed by atoms with Gasteiger partial charge in [-0.05, 0) is 36.1 Å². The molecule has 0 radical (unpaired) electrons. The van der Waals surface area contributed by atoms with Crippen LogP contribution in [0.5, 0.6) is 0 Å². The molecule has 2 heteroatoms. The van der Waals surface area contributed by atoms with Crippen LogP contribution in [-0.2, 0) is 0 Å². The third-order valence-corrected chi connectivity index (χ3v) is 3.49. The molecule has 2 nitrogen and oxygen atoms in total. The van der Waals surface area contributed by atoms with Crippen LogP contribution >= 0.6 is 0 Å². The van der Waals surface area contributed by atoms with Crippen molar-refractivity contribution in [3.8, 4) is 0 Å². The molecule has 0 spiro atoms. The van der Waals surface area contributed by atoms with Gasteiger partial charge >= 0.3 is 0 Å². The van der Waals surface area contributed by atoms with Gasteiger partial charge in [0.2, 0.25) is 0 Å². The van der Waals surface area contributed by atoms with E-state index in [9.17, 15) is 4.79 Å². The summed E-state index contributed by atoms with van der Waals surface area (Å²) in [7, 11) is 0. The van der Waals surface area contributed by atoms with E-state index in [1.807, 2.05) is 37.3 Å². The number of benzene rings is 2. The summed E-state index contributed by atoms with van der Waals surface area (Å²) in [6, 6.07) is 17.7. The first-order valence-electron chi connectivity index (χ1n) is 7.03. The van der Waals surface area contributed by atoms with Gasteiger partial charge in [0.15, 0.2) is 0 Å². The Kier molecular flexibility index (Phi) is 4.57. The topological polar surface area (TPSA) is 29.1 Å². The van der Waals surface area contributed by atoms with Crippen LogP contribution in [0.15, 0.2) is 54.6 Å². The van der Waals surface area contributed by atoms with E-state index in [1.54, 1.807) is 0 Å². The zero-order chi connectivity index (χ0) is 14.5. The van der Waals surface area contributed by atoms with Crippen LogP contribution in [0, 0.1) is 0 Å². The predicted octanol–water partition coefficient (Wildman–Crippen LogP) is 4.30. The van der Waals surface area contributed by atoms with Gasteiger partial charge in [-0.3, -0.25) is 4.79 Å². The summed E-state index contributed by atoms with van der Waals surface area (Å²) in [5.41, 5.74) is 3.13. The van der Waals surface area contributed by atoms with Crippen molar-refractivity contribution in [3.05, 3.63) is 71.3 Å². The Balaban J connectivity index is 2.04. The lowest BCUT2D eigenvalue weighted by Crippen LogP contribution is -2.26. The molecule has 2 rings (SSSR count). The first kappa shape index (κ1) is 14.3. The number of amides is 1. The summed E-state index contributed by atoms with van der Waals surface area (Å²) in [5, 5.41) is 3.02. The fourth-order valence-electron chi connectivity index (χ4n) is 2.12. The lowest BCUT2D eigenvalue weighted by molar-refractivity contribution is 0.0940. The molecule has 0 aliphatic heterocycles. The molecule has 1 atom stereocenters. The maximum absolute atomic E-state index is 12.1. The molecule has 0 heterocycles. The number of nitrogens with one attached hydrogen (secondary N) is 1. The molecule has 0 aromatic heterocycles. The molecule has 2 aromatic carbocycles. The second-order valence-corrected chi connectivity index (χ2v) is 5.38. The second-order valence-electron chi connectivity index (χ2n) is 5.38. The molecule has 0 aliphatic carbocycles. The van der Waals surface area contributed by atoms with Gasteiger partial charge in [-0.25, -0.2) is 0 Å². The maximum Gasteiger partial charge on any atom is 0.251 e. The Morgan fingerprint density at radius 2 is 1.40 bits per heavy atom. The van der Waals surface area contributed by atoms with Crippen molar-refractivity contribution in [2.45, 2.75) is 32.7 Å². The molecule has 0 fully saturated rings. The average Bonchev–Trinajstić information content (AvgIpc) is 2.48. The van der Waals surface area contributed by atoms with E-state index in [-0.39, 0.29) is 11.9 Å². The van der Waals surface area contributed by atoms with Gasteiger partial charge in [-0.15, -0.1) is 0 Å². The third-order valence-electron chi connectivity index (χ3n) is 3.49. The second kappa shape index (κ2) is 6.38. The largest absolute Gasteiger partial charge is 0.346 e. The molecule has 0 aliphatic rings. The zero-order valence-electron chi connectivity index (χ0n) is 12.3. The Hall–Kier alpha value is -2.09. The first-order chi connectivity index (χ1) is 9.58. The molecule has 1 amide bonds. The van der Waals surface area contributed by atoms with E-state index in [4.69, 9.17) is 0 Å². The quantitative estimate of drug-likeness (QED) is 0.879. The van der Waals surface area contributed by atoms with Gasteiger partial charge in [0.05, 0.1) is 6.04 Å². The normalized spacial score (nSPS) is 12.2. The van der Waals surface area contributed by atoms with Crippen LogP contribution in [0.2, 0.25) is 0 Å². The van der Waals surface area contributed by atoms with Crippen LogP contribution in [0.1, 0.15) is 54.2 Å². The number of rotatable bonds is 4. The summed E-state index contributed by atoms with van der Waals surface area (Å²) < 4.78 is 0. The Labute approximate surface area is 120 Å². The maximum atomic E-state index is 12.1. The van der Waals surface area contributed by atoms with Crippen LogP contribution < -0.4 is 5.32 Å². The molecule has 20 heavy (non-hydrogen) atoms. The number of carbonyl (C=O) groups is 1. The van der Waals surface area contributed by atoms with E-state index in [1.165, 1.54) is 5.56 Å². The SMILES string of the molecule is CC(C)c1ccc(C(C)NC(=O)c2ccccc2)cc1. The molecule has 2 aromatic rings. The van der Waals surface area contributed by atoms with Crippen molar-refractivity contribution in [1.82, 2.24) is 5.32 Å². The Morgan fingerprint density at radius 3 is 1.95 bits per heavy atom. The van der Waals surface area contributed by atoms with Crippen molar-refractivity contribution in [3.63, 3.8) is 0 Å². The standard InChI is InChI=1S/C18H21NO/c1-13(2)15-9-11-16(12-10-15)14(3)19-18(20)17-7-5-4-6-8-17/h4-14H,1-3H3,(H,19,20). The van der Waals surface area contributed by atoms with E-state index >= 15 is 0 Å². The lowest BCUT2D eigenvalue weighted by atomic mass is 9.99. The van der Waals surface area contributed by atoms with Crippen LogP contribution in [0.3, 0.4) is 0 Å². The molecular weight excluding hydrogens is 246 g/mol. The van der Waals surface area contributed by atoms with Gasteiger partial charge in [-0.2, -0.15) is 0 Å². The first-order valence-corrected chi connectivity index (χ1v) is 7.03. The number of hydrogen-bond acceptors (Lipinski definition) is 1. The van der Waals surface area contributed by atoms with Gasteiger partial charge in [-0.1, -0.05) is 56.3 Å². The highest BCUT2D eigenvalue weighted by Gasteiger charge is 2.11. The van der Waals surface area contributed by atoms with Crippen LogP contribution in [-0.4, -0.2) is 5.91 Å². The molecule has 1 unspecified atom stereocenters. The third kappa shape index (κ3) is 3.47. The number of hydrogen-bond donors (Lipinski definition) is 1. The lowest BCUT2D eigenvalue weighted by Gasteiger charge is -2.15. The fraction of sp³-hybridized carbons (Fsp3) is 0.278. The van der Waals surface area contributed by atoms with E-state index in [2.05, 4.69) is 43.4 Å². The highest BCUT2D eigenvalue weighted by atomic mass is 16.1. The highest BCUT2D eigenvalue weighted by molar-refractivity contribution is 5.94. The van der Waals surface area contributed by atoms with Crippen molar-refractivity contribution in [1.29, 1.82) is 0 Å².